The van der Waals surface area contributed by atoms with E-state index >= 15 is 0 Å². The summed E-state index contributed by atoms with van der Waals surface area (Å²) >= 11 is 0. The van der Waals surface area contributed by atoms with E-state index in [0.717, 1.165) is 0 Å². The maximum Gasteiger partial charge on any atom is 0.407 e. The molecule has 0 unspecified atom stereocenters. The maximum atomic E-state index is 11.7. The van der Waals surface area contributed by atoms with Gasteiger partial charge < -0.3 is 19.9 Å². The number of esters is 1. The number of amides is 1. The third-order valence-electron chi connectivity index (χ3n) is 2.50. The quantitative estimate of drug-likeness (QED) is 0.729. The molecule has 0 aliphatic rings. The fourth-order valence-electron chi connectivity index (χ4n) is 1.67. The molecule has 6 heteroatoms. The molecule has 0 spiro atoms. The van der Waals surface area contributed by atoms with Crippen molar-refractivity contribution in [1.29, 1.82) is 0 Å². The monoisotopic (exact) mass is 289 g/mol. The molecule has 6 nitrogen and oxygen atoms in total. The first kappa shape index (κ1) is 18.7. The zero-order valence-electron chi connectivity index (χ0n) is 13.2. The predicted octanol–water partition coefficient (Wildman–Crippen LogP) is 1.85. The van der Waals surface area contributed by atoms with Crippen molar-refractivity contribution in [1.82, 2.24) is 5.32 Å². The van der Waals surface area contributed by atoms with Crippen LogP contribution in [0.2, 0.25) is 0 Å². The minimum atomic E-state index is -1.01. The second-order valence-corrected chi connectivity index (χ2v) is 5.99. The molecule has 0 aliphatic heterocycles. The van der Waals surface area contributed by atoms with Crippen LogP contribution in [0, 0.1) is 5.92 Å². The number of carbonyl (C=O) groups excluding carboxylic acids is 2. The lowest BCUT2D eigenvalue weighted by atomic mass is 9.96. The third kappa shape index (κ3) is 7.99. The lowest BCUT2D eigenvalue weighted by molar-refractivity contribution is -0.146. The summed E-state index contributed by atoms with van der Waals surface area (Å²) < 4.78 is 9.93. The molecule has 0 aromatic carbocycles. The molecule has 20 heavy (non-hydrogen) atoms. The second kappa shape index (κ2) is 8.09. The lowest BCUT2D eigenvalue weighted by Gasteiger charge is -2.28. The van der Waals surface area contributed by atoms with Crippen LogP contribution in [0.25, 0.3) is 0 Å². The van der Waals surface area contributed by atoms with Crippen LogP contribution < -0.4 is 5.32 Å². The molecule has 0 aliphatic carbocycles. The smallest absolute Gasteiger partial charge is 0.407 e. The molecule has 0 saturated heterocycles. The standard InChI is InChI=1S/C14H27NO5/c1-7-19-11(17)8-10(16)12(9(2)3)15-13(18)20-14(4,5)6/h9-10,12,16H,7-8H2,1-6H3,(H,15,18)/t10-,12-/m1/s1. The summed E-state index contributed by atoms with van der Waals surface area (Å²) in [5.41, 5.74) is -0.613. The fraction of sp³-hybridized carbons (Fsp3) is 0.857. The van der Waals surface area contributed by atoms with Gasteiger partial charge in [0.15, 0.2) is 0 Å². The number of ether oxygens (including phenoxy) is 2. The molecule has 0 fully saturated rings. The maximum absolute atomic E-state index is 11.7. The van der Waals surface area contributed by atoms with Gasteiger partial charge in [0.1, 0.15) is 5.60 Å². The molecule has 1 amide bonds. The van der Waals surface area contributed by atoms with Gasteiger partial charge in [0.25, 0.3) is 0 Å². The summed E-state index contributed by atoms with van der Waals surface area (Å²) in [5.74, 6) is -0.538. The molecule has 0 radical (unpaired) electrons. The Labute approximate surface area is 120 Å². The van der Waals surface area contributed by atoms with Crippen molar-refractivity contribution in [3.63, 3.8) is 0 Å². The second-order valence-electron chi connectivity index (χ2n) is 5.99. The largest absolute Gasteiger partial charge is 0.466 e. The molecule has 0 heterocycles. The van der Waals surface area contributed by atoms with Crippen LogP contribution in [0.15, 0.2) is 0 Å². The van der Waals surface area contributed by atoms with Gasteiger partial charge in [0.2, 0.25) is 0 Å². The molecule has 0 aromatic rings. The van der Waals surface area contributed by atoms with Crippen molar-refractivity contribution < 1.29 is 24.2 Å². The van der Waals surface area contributed by atoms with E-state index in [1.807, 2.05) is 13.8 Å². The first-order valence-corrected chi connectivity index (χ1v) is 6.90. The minimum Gasteiger partial charge on any atom is -0.466 e. The van der Waals surface area contributed by atoms with Gasteiger partial charge >= 0.3 is 12.1 Å². The average molecular weight is 289 g/mol. The Kier molecular flexibility index (Phi) is 7.57. The first-order chi connectivity index (χ1) is 9.06. The van der Waals surface area contributed by atoms with Gasteiger partial charge in [-0.05, 0) is 33.6 Å². The first-order valence-electron chi connectivity index (χ1n) is 6.90. The highest BCUT2D eigenvalue weighted by atomic mass is 16.6. The van der Waals surface area contributed by atoms with E-state index in [2.05, 4.69) is 5.32 Å². The summed E-state index contributed by atoms with van der Waals surface area (Å²) in [4.78, 5) is 23.1. The van der Waals surface area contributed by atoms with E-state index in [1.54, 1.807) is 27.7 Å². The summed E-state index contributed by atoms with van der Waals surface area (Å²) in [6.45, 7) is 10.9. The van der Waals surface area contributed by atoms with E-state index in [4.69, 9.17) is 9.47 Å². The highest BCUT2D eigenvalue weighted by Crippen LogP contribution is 2.13. The van der Waals surface area contributed by atoms with Crippen molar-refractivity contribution in [3.05, 3.63) is 0 Å². The van der Waals surface area contributed by atoms with Crippen LogP contribution in [0.3, 0.4) is 0 Å². The zero-order chi connectivity index (χ0) is 15.9. The average Bonchev–Trinajstić information content (AvgIpc) is 2.22. The number of hydrogen-bond donors (Lipinski definition) is 2. The number of nitrogens with one attached hydrogen (secondary N) is 1. The van der Waals surface area contributed by atoms with Crippen LogP contribution in [0.4, 0.5) is 4.79 Å². The fourth-order valence-corrected chi connectivity index (χ4v) is 1.67. The molecule has 0 bridgehead atoms. The highest BCUT2D eigenvalue weighted by molar-refractivity contribution is 5.71. The molecular weight excluding hydrogens is 262 g/mol. The highest BCUT2D eigenvalue weighted by Gasteiger charge is 2.28. The third-order valence-corrected chi connectivity index (χ3v) is 2.50. The Hall–Kier alpha value is -1.30. The van der Waals surface area contributed by atoms with E-state index in [0.29, 0.717) is 0 Å². The molecule has 0 aromatic heterocycles. The number of alkyl carbamates (subject to hydrolysis) is 1. The Morgan fingerprint density at radius 3 is 2.20 bits per heavy atom. The van der Waals surface area contributed by atoms with Gasteiger partial charge in [0, 0.05) is 0 Å². The predicted molar refractivity (Wildman–Crippen MR) is 75.3 cm³/mol. The molecule has 0 rings (SSSR count). The van der Waals surface area contributed by atoms with Crippen LogP contribution in [-0.2, 0) is 14.3 Å². The number of aliphatic hydroxyl groups is 1. The number of carbonyl (C=O) groups is 2. The summed E-state index contributed by atoms with van der Waals surface area (Å²) in [6, 6.07) is -0.575. The van der Waals surface area contributed by atoms with Gasteiger partial charge in [-0.3, -0.25) is 4.79 Å². The van der Waals surface area contributed by atoms with Gasteiger partial charge in [-0.1, -0.05) is 13.8 Å². The van der Waals surface area contributed by atoms with E-state index in [-0.39, 0.29) is 18.9 Å². The molecule has 2 atom stereocenters. The molecule has 0 saturated carbocycles. The van der Waals surface area contributed by atoms with E-state index in [9.17, 15) is 14.7 Å². The number of rotatable bonds is 6. The SMILES string of the molecule is CCOC(=O)C[C@@H](O)[C@H](NC(=O)OC(C)(C)C)C(C)C. The normalized spacial score (nSPS) is 14.6. The molecular formula is C14H27NO5. The topological polar surface area (TPSA) is 84.9 Å². The van der Waals surface area contributed by atoms with Gasteiger partial charge in [-0.25, -0.2) is 4.79 Å². The van der Waals surface area contributed by atoms with E-state index in [1.165, 1.54) is 0 Å². The van der Waals surface area contributed by atoms with Gasteiger partial charge in [-0.15, -0.1) is 0 Å². The van der Waals surface area contributed by atoms with Crippen molar-refractivity contribution >= 4 is 12.1 Å². The van der Waals surface area contributed by atoms with Crippen molar-refractivity contribution in [2.24, 2.45) is 5.92 Å². The Balaban J connectivity index is 4.56. The van der Waals surface area contributed by atoms with Crippen molar-refractivity contribution in [2.75, 3.05) is 6.61 Å². The van der Waals surface area contributed by atoms with Crippen LogP contribution >= 0.6 is 0 Å². The van der Waals surface area contributed by atoms with Crippen LogP contribution in [0.5, 0.6) is 0 Å². The van der Waals surface area contributed by atoms with Crippen LogP contribution in [0.1, 0.15) is 48.0 Å². The van der Waals surface area contributed by atoms with Crippen molar-refractivity contribution in [3.8, 4) is 0 Å². The van der Waals surface area contributed by atoms with E-state index < -0.39 is 29.8 Å². The zero-order valence-corrected chi connectivity index (χ0v) is 13.2. The summed E-state index contributed by atoms with van der Waals surface area (Å²) in [7, 11) is 0. The lowest BCUT2D eigenvalue weighted by Crippen LogP contribution is -2.49. The molecule has 118 valence electrons. The Morgan fingerprint density at radius 1 is 1.25 bits per heavy atom. The Bertz CT molecular complexity index is 322. The van der Waals surface area contributed by atoms with Gasteiger partial charge in [0.05, 0.1) is 25.2 Å². The number of hydrogen-bond acceptors (Lipinski definition) is 5. The van der Waals surface area contributed by atoms with Gasteiger partial charge in [-0.2, -0.15) is 0 Å². The number of aliphatic hydroxyl groups excluding tert-OH is 1. The summed E-state index contributed by atoms with van der Waals surface area (Å²) in [6.07, 6.45) is -1.78. The van der Waals surface area contributed by atoms with Crippen molar-refractivity contribution in [2.45, 2.75) is 65.7 Å². The molecule has 2 N–H and O–H groups in total. The Morgan fingerprint density at radius 2 is 1.80 bits per heavy atom. The van der Waals surface area contributed by atoms with Crippen LogP contribution in [-0.4, -0.2) is 41.5 Å². The minimum absolute atomic E-state index is 0.0491. The summed E-state index contributed by atoms with van der Waals surface area (Å²) in [5, 5.41) is 12.7.